The molecule has 1 aromatic heterocycles. The zero-order valence-electron chi connectivity index (χ0n) is 10.1. The minimum atomic E-state index is -1.04. The molecule has 98 valence electrons. The molecule has 1 saturated heterocycles. The smallest absolute Gasteiger partial charge is 0.337 e. The van der Waals surface area contributed by atoms with Gasteiger partial charge in [-0.1, -0.05) is 0 Å². The first kappa shape index (κ1) is 12.6. The number of rotatable bonds is 4. The number of aromatic nitrogens is 1. The number of hydrogen-bond donors (Lipinski definition) is 3. The van der Waals surface area contributed by atoms with Gasteiger partial charge in [-0.05, 0) is 24.8 Å². The maximum Gasteiger partial charge on any atom is 0.337 e. The molecule has 2 heterocycles. The highest BCUT2D eigenvalue weighted by Gasteiger charge is 2.14. The molecule has 0 amide bonds. The SMILES string of the molecule is Nc1cnc(NCC2CCCOC2)cc1C(=O)O. The number of ether oxygens (including phenoxy) is 1. The summed E-state index contributed by atoms with van der Waals surface area (Å²) in [6.45, 7) is 2.31. The fourth-order valence-electron chi connectivity index (χ4n) is 1.97. The maximum atomic E-state index is 10.9. The number of pyridine rings is 1. The zero-order valence-corrected chi connectivity index (χ0v) is 10.1. The Morgan fingerprint density at radius 1 is 1.67 bits per heavy atom. The predicted octanol–water partition coefficient (Wildman–Crippen LogP) is 1.20. The van der Waals surface area contributed by atoms with E-state index in [2.05, 4.69) is 10.3 Å². The summed E-state index contributed by atoms with van der Waals surface area (Å²) in [4.78, 5) is 15.0. The van der Waals surface area contributed by atoms with Crippen LogP contribution in [0.2, 0.25) is 0 Å². The van der Waals surface area contributed by atoms with E-state index in [1.54, 1.807) is 0 Å². The largest absolute Gasteiger partial charge is 0.478 e. The number of aromatic carboxylic acids is 1. The van der Waals surface area contributed by atoms with Gasteiger partial charge in [0.15, 0.2) is 0 Å². The molecule has 6 heteroatoms. The molecular formula is C12H17N3O3. The number of nitrogens with two attached hydrogens (primary N) is 1. The second kappa shape index (κ2) is 5.68. The number of carboxylic acids is 1. The van der Waals surface area contributed by atoms with Crippen molar-refractivity contribution in [2.75, 3.05) is 30.8 Å². The second-order valence-electron chi connectivity index (χ2n) is 4.43. The van der Waals surface area contributed by atoms with E-state index in [9.17, 15) is 4.79 Å². The number of carbonyl (C=O) groups is 1. The molecule has 1 fully saturated rings. The van der Waals surface area contributed by atoms with Gasteiger partial charge >= 0.3 is 5.97 Å². The molecule has 1 atom stereocenters. The monoisotopic (exact) mass is 251 g/mol. The molecule has 1 aromatic rings. The molecule has 0 spiro atoms. The first-order valence-corrected chi connectivity index (χ1v) is 5.97. The van der Waals surface area contributed by atoms with Crippen LogP contribution in [0.3, 0.4) is 0 Å². The Hall–Kier alpha value is -1.82. The highest BCUT2D eigenvalue weighted by molar-refractivity contribution is 5.94. The Kier molecular flexibility index (Phi) is 3.99. The van der Waals surface area contributed by atoms with Crippen molar-refractivity contribution in [2.24, 2.45) is 5.92 Å². The normalized spacial score (nSPS) is 19.4. The number of nitrogens with zero attached hydrogens (tertiary/aromatic N) is 1. The van der Waals surface area contributed by atoms with E-state index >= 15 is 0 Å². The van der Waals surface area contributed by atoms with E-state index in [1.165, 1.54) is 12.3 Å². The third-order valence-electron chi connectivity index (χ3n) is 2.99. The van der Waals surface area contributed by atoms with E-state index in [1.807, 2.05) is 0 Å². The minimum absolute atomic E-state index is 0.0763. The lowest BCUT2D eigenvalue weighted by atomic mass is 10.0. The van der Waals surface area contributed by atoms with Crippen LogP contribution in [0.4, 0.5) is 11.5 Å². The summed E-state index contributed by atoms with van der Waals surface area (Å²) in [5.74, 6) is -0.0579. The third-order valence-corrected chi connectivity index (χ3v) is 2.99. The molecule has 1 aliphatic rings. The van der Waals surface area contributed by atoms with E-state index in [0.717, 1.165) is 32.6 Å². The summed E-state index contributed by atoms with van der Waals surface area (Å²) >= 11 is 0. The van der Waals surface area contributed by atoms with Gasteiger partial charge in [-0.25, -0.2) is 9.78 Å². The zero-order chi connectivity index (χ0) is 13.0. The number of carboxylic acid groups (broad SMARTS) is 1. The summed E-state index contributed by atoms with van der Waals surface area (Å²) in [6, 6.07) is 1.46. The molecule has 0 radical (unpaired) electrons. The molecule has 0 aliphatic carbocycles. The van der Waals surface area contributed by atoms with Crippen LogP contribution in [0.15, 0.2) is 12.3 Å². The van der Waals surface area contributed by atoms with Crippen LogP contribution in [0, 0.1) is 5.92 Å². The minimum Gasteiger partial charge on any atom is -0.478 e. The highest BCUT2D eigenvalue weighted by atomic mass is 16.5. The van der Waals surface area contributed by atoms with Crippen molar-refractivity contribution in [3.05, 3.63) is 17.8 Å². The predicted molar refractivity (Wildman–Crippen MR) is 67.6 cm³/mol. The molecule has 0 bridgehead atoms. The van der Waals surface area contributed by atoms with Gasteiger partial charge in [-0.2, -0.15) is 0 Å². The van der Waals surface area contributed by atoms with Crippen LogP contribution in [-0.4, -0.2) is 35.8 Å². The first-order chi connectivity index (χ1) is 8.66. The Morgan fingerprint density at radius 2 is 2.50 bits per heavy atom. The molecule has 1 aliphatic heterocycles. The van der Waals surface area contributed by atoms with Crippen LogP contribution >= 0.6 is 0 Å². The van der Waals surface area contributed by atoms with Gasteiger partial charge in [0, 0.05) is 13.2 Å². The average Bonchev–Trinajstić information content (AvgIpc) is 2.38. The summed E-state index contributed by atoms with van der Waals surface area (Å²) < 4.78 is 5.38. The summed E-state index contributed by atoms with van der Waals surface area (Å²) in [5, 5.41) is 12.1. The van der Waals surface area contributed by atoms with E-state index in [-0.39, 0.29) is 11.3 Å². The average molecular weight is 251 g/mol. The fraction of sp³-hybridized carbons (Fsp3) is 0.500. The van der Waals surface area contributed by atoms with Crippen molar-refractivity contribution in [1.29, 1.82) is 0 Å². The van der Waals surface area contributed by atoms with E-state index in [4.69, 9.17) is 15.6 Å². The van der Waals surface area contributed by atoms with Crippen LogP contribution in [-0.2, 0) is 4.74 Å². The van der Waals surface area contributed by atoms with Crippen LogP contribution in [0.1, 0.15) is 23.2 Å². The molecule has 1 unspecified atom stereocenters. The lowest BCUT2D eigenvalue weighted by molar-refractivity contribution is 0.0594. The molecule has 0 aromatic carbocycles. The number of anilines is 2. The van der Waals surface area contributed by atoms with Gasteiger partial charge in [-0.3, -0.25) is 0 Å². The van der Waals surface area contributed by atoms with Gasteiger partial charge in [0.2, 0.25) is 0 Å². The summed E-state index contributed by atoms with van der Waals surface area (Å²) in [6.07, 6.45) is 3.55. The molecule has 6 nitrogen and oxygen atoms in total. The van der Waals surface area contributed by atoms with Crippen molar-refractivity contribution >= 4 is 17.5 Å². The molecule has 18 heavy (non-hydrogen) atoms. The van der Waals surface area contributed by atoms with Crippen LogP contribution in [0.5, 0.6) is 0 Å². The lowest BCUT2D eigenvalue weighted by Gasteiger charge is -2.22. The van der Waals surface area contributed by atoms with Crippen molar-refractivity contribution in [1.82, 2.24) is 4.98 Å². The molecule has 2 rings (SSSR count). The Bertz CT molecular complexity index is 431. The van der Waals surface area contributed by atoms with Crippen LogP contribution in [0.25, 0.3) is 0 Å². The number of nitrogen functional groups attached to an aromatic ring is 1. The quantitative estimate of drug-likeness (QED) is 0.744. The highest BCUT2D eigenvalue weighted by Crippen LogP contribution is 2.17. The van der Waals surface area contributed by atoms with Crippen LogP contribution < -0.4 is 11.1 Å². The molecular weight excluding hydrogens is 234 g/mol. The summed E-state index contributed by atoms with van der Waals surface area (Å²) in [5.41, 5.74) is 5.79. The topological polar surface area (TPSA) is 97.5 Å². The number of nitrogens with one attached hydrogen (secondary N) is 1. The molecule has 0 saturated carbocycles. The van der Waals surface area contributed by atoms with Gasteiger partial charge in [0.25, 0.3) is 0 Å². The van der Waals surface area contributed by atoms with Crippen molar-refractivity contribution in [3.63, 3.8) is 0 Å². The number of hydrogen-bond acceptors (Lipinski definition) is 5. The van der Waals surface area contributed by atoms with Gasteiger partial charge in [-0.15, -0.1) is 0 Å². The standard InChI is InChI=1S/C12H17N3O3/c13-10-6-15-11(4-9(10)12(16)17)14-5-8-2-1-3-18-7-8/h4,6,8H,1-3,5,7,13H2,(H,14,15)(H,16,17). The van der Waals surface area contributed by atoms with E-state index < -0.39 is 5.97 Å². The first-order valence-electron chi connectivity index (χ1n) is 5.97. The lowest BCUT2D eigenvalue weighted by Crippen LogP contribution is -2.24. The second-order valence-corrected chi connectivity index (χ2v) is 4.43. The van der Waals surface area contributed by atoms with Gasteiger partial charge in [0.1, 0.15) is 5.82 Å². The van der Waals surface area contributed by atoms with Gasteiger partial charge in [0.05, 0.1) is 24.1 Å². The fourth-order valence-corrected chi connectivity index (χ4v) is 1.97. The van der Waals surface area contributed by atoms with Crippen molar-refractivity contribution in [3.8, 4) is 0 Å². The molecule has 4 N–H and O–H groups in total. The van der Waals surface area contributed by atoms with Crippen molar-refractivity contribution in [2.45, 2.75) is 12.8 Å². The summed E-state index contributed by atoms with van der Waals surface area (Å²) in [7, 11) is 0. The maximum absolute atomic E-state index is 10.9. The van der Waals surface area contributed by atoms with E-state index in [0.29, 0.717) is 11.7 Å². The third kappa shape index (κ3) is 3.10. The van der Waals surface area contributed by atoms with Gasteiger partial charge < -0.3 is 20.9 Å². The van der Waals surface area contributed by atoms with Crippen molar-refractivity contribution < 1.29 is 14.6 Å². The Balaban J connectivity index is 1.96. The Morgan fingerprint density at radius 3 is 3.17 bits per heavy atom. The Labute approximate surface area is 105 Å².